The van der Waals surface area contributed by atoms with Gasteiger partial charge in [-0.1, -0.05) is 12.8 Å². The van der Waals surface area contributed by atoms with Crippen molar-refractivity contribution in [3.05, 3.63) is 17.5 Å². The summed E-state index contributed by atoms with van der Waals surface area (Å²) in [5.74, 6) is 0.291. The van der Waals surface area contributed by atoms with Gasteiger partial charge in [0.05, 0.1) is 6.20 Å². The summed E-state index contributed by atoms with van der Waals surface area (Å²) in [4.78, 5) is 14.4. The molecule has 5 nitrogen and oxygen atoms in total. The van der Waals surface area contributed by atoms with Crippen molar-refractivity contribution in [2.45, 2.75) is 58.5 Å². The van der Waals surface area contributed by atoms with Crippen molar-refractivity contribution in [1.29, 1.82) is 0 Å². The fourth-order valence-electron chi connectivity index (χ4n) is 2.79. The van der Waals surface area contributed by atoms with Crippen LogP contribution in [0.1, 0.15) is 50.3 Å². The number of hydrogen-bond acceptors (Lipinski definition) is 3. The van der Waals surface area contributed by atoms with Crippen molar-refractivity contribution in [2.24, 2.45) is 7.05 Å². The Labute approximate surface area is 127 Å². The molecule has 2 rings (SSSR count). The maximum absolute atomic E-state index is 12.3. The molecule has 0 bridgehead atoms. The summed E-state index contributed by atoms with van der Waals surface area (Å²) in [5, 5.41) is 7.68. The van der Waals surface area contributed by atoms with E-state index in [0.29, 0.717) is 12.3 Å². The Morgan fingerprint density at radius 1 is 1.33 bits per heavy atom. The predicted molar refractivity (Wildman–Crippen MR) is 83.9 cm³/mol. The zero-order valence-corrected chi connectivity index (χ0v) is 13.6. The zero-order valence-electron chi connectivity index (χ0n) is 13.6. The van der Waals surface area contributed by atoms with Crippen LogP contribution in [0.15, 0.2) is 6.20 Å². The average molecular weight is 292 g/mol. The summed E-state index contributed by atoms with van der Waals surface area (Å²) in [5.41, 5.74) is 2.38. The van der Waals surface area contributed by atoms with E-state index >= 15 is 0 Å². The van der Waals surface area contributed by atoms with Crippen LogP contribution < -0.4 is 5.32 Å². The standard InChI is InChI=1S/C16H28N4O/c1-13(17-11-15-12-18-19(3)14(15)2)10-16(21)20-8-6-4-5-7-9-20/h12-13,17H,4-11H2,1-3H3/t13-/m0/s1. The van der Waals surface area contributed by atoms with Gasteiger partial charge in [-0.3, -0.25) is 9.48 Å². The molecule has 1 aliphatic heterocycles. The lowest BCUT2D eigenvalue weighted by molar-refractivity contribution is -0.131. The lowest BCUT2D eigenvalue weighted by Gasteiger charge is -2.22. The molecule has 1 amide bonds. The second kappa shape index (κ2) is 7.59. The smallest absolute Gasteiger partial charge is 0.224 e. The van der Waals surface area contributed by atoms with Crippen molar-refractivity contribution < 1.29 is 4.79 Å². The first-order valence-corrected chi connectivity index (χ1v) is 8.06. The van der Waals surface area contributed by atoms with Gasteiger partial charge in [0, 0.05) is 50.4 Å². The second-order valence-electron chi connectivity index (χ2n) is 6.16. The molecule has 1 N–H and O–H groups in total. The molecule has 0 saturated carbocycles. The monoisotopic (exact) mass is 292 g/mol. The highest BCUT2D eigenvalue weighted by Gasteiger charge is 2.18. The Morgan fingerprint density at radius 3 is 2.57 bits per heavy atom. The fraction of sp³-hybridized carbons (Fsp3) is 0.750. The minimum Gasteiger partial charge on any atom is -0.343 e. The third-order valence-electron chi connectivity index (χ3n) is 4.42. The molecule has 1 aliphatic rings. The van der Waals surface area contributed by atoms with Crippen molar-refractivity contribution in [2.75, 3.05) is 13.1 Å². The van der Waals surface area contributed by atoms with E-state index in [4.69, 9.17) is 0 Å². The number of carbonyl (C=O) groups excluding carboxylic acids is 1. The Bertz CT molecular complexity index is 461. The number of rotatable bonds is 5. The minimum absolute atomic E-state index is 0.195. The third kappa shape index (κ3) is 4.56. The number of nitrogens with one attached hydrogen (secondary N) is 1. The molecule has 2 heterocycles. The zero-order chi connectivity index (χ0) is 15.2. The minimum atomic E-state index is 0.195. The predicted octanol–water partition coefficient (Wildman–Crippen LogP) is 2.00. The Morgan fingerprint density at radius 2 is 2.00 bits per heavy atom. The van der Waals surface area contributed by atoms with E-state index < -0.39 is 0 Å². The van der Waals surface area contributed by atoms with E-state index in [9.17, 15) is 4.79 Å². The van der Waals surface area contributed by atoms with E-state index in [1.807, 2.05) is 22.8 Å². The van der Waals surface area contributed by atoms with Gasteiger partial charge < -0.3 is 10.2 Å². The summed E-state index contributed by atoms with van der Waals surface area (Å²) in [6, 6.07) is 0.195. The topological polar surface area (TPSA) is 50.2 Å². The van der Waals surface area contributed by atoms with Gasteiger partial charge in [0.1, 0.15) is 0 Å². The molecule has 1 fully saturated rings. The largest absolute Gasteiger partial charge is 0.343 e. The summed E-state index contributed by atoms with van der Waals surface area (Å²) >= 11 is 0. The highest BCUT2D eigenvalue weighted by Crippen LogP contribution is 2.12. The molecule has 1 atom stereocenters. The SMILES string of the molecule is Cc1c(CN[C@@H](C)CC(=O)N2CCCCCC2)cnn1C. The Kier molecular flexibility index (Phi) is 5.79. The summed E-state index contributed by atoms with van der Waals surface area (Å²) in [6.45, 7) is 6.80. The van der Waals surface area contributed by atoms with Gasteiger partial charge in [0.25, 0.3) is 0 Å². The number of hydrogen-bond donors (Lipinski definition) is 1. The van der Waals surface area contributed by atoms with Crippen LogP contribution in [0.2, 0.25) is 0 Å². The Balaban J connectivity index is 1.77. The normalized spacial score (nSPS) is 17.6. The maximum atomic E-state index is 12.3. The maximum Gasteiger partial charge on any atom is 0.224 e. The molecular formula is C16H28N4O. The van der Waals surface area contributed by atoms with Crippen LogP contribution >= 0.6 is 0 Å². The molecule has 0 spiro atoms. The molecule has 1 aromatic rings. The number of aromatic nitrogens is 2. The van der Waals surface area contributed by atoms with Gasteiger partial charge in [-0.05, 0) is 26.7 Å². The van der Waals surface area contributed by atoms with Crippen LogP contribution in [-0.2, 0) is 18.4 Å². The number of aryl methyl sites for hydroxylation is 1. The molecule has 0 aromatic carbocycles. The van der Waals surface area contributed by atoms with Crippen molar-refractivity contribution >= 4 is 5.91 Å². The third-order valence-corrected chi connectivity index (χ3v) is 4.42. The molecule has 21 heavy (non-hydrogen) atoms. The van der Waals surface area contributed by atoms with E-state index in [0.717, 1.165) is 32.5 Å². The number of amides is 1. The molecule has 118 valence electrons. The molecule has 0 radical (unpaired) electrons. The average Bonchev–Trinajstić information content (AvgIpc) is 2.70. The summed E-state index contributed by atoms with van der Waals surface area (Å²) in [6.07, 6.45) is 7.31. The van der Waals surface area contributed by atoms with Crippen molar-refractivity contribution in [3.8, 4) is 0 Å². The van der Waals surface area contributed by atoms with Gasteiger partial charge in [0.15, 0.2) is 0 Å². The van der Waals surface area contributed by atoms with Crippen LogP contribution in [-0.4, -0.2) is 39.7 Å². The highest BCUT2D eigenvalue weighted by atomic mass is 16.2. The lowest BCUT2D eigenvalue weighted by atomic mass is 10.2. The van der Waals surface area contributed by atoms with Crippen LogP contribution in [0, 0.1) is 6.92 Å². The molecule has 5 heteroatoms. The van der Waals surface area contributed by atoms with Crippen LogP contribution in [0.3, 0.4) is 0 Å². The first-order valence-electron chi connectivity index (χ1n) is 8.06. The second-order valence-corrected chi connectivity index (χ2v) is 6.16. The van der Waals surface area contributed by atoms with Crippen molar-refractivity contribution in [3.63, 3.8) is 0 Å². The Hall–Kier alpha value is -1.36. The molecular weight excluding hydrogens is 264 g/mol. The number of carbonyl (C=O) groups is 1. The van der Waals surface area contributed by atoms with Crippen molar-refractivity contribution in [1.82, 2.24) is 20.0 Å². The lowest BCUT2D eigenvalue weighted by Crippen LogP contribution is -2.37. The van der Waals surface area contributed by atoms with Crippen LogP contribution in [0.25, 0.3) is 0 Å². The van der Waals surface area contributed by atoms with Gasteiger partial charge in [-0.25, -0.2) is 0 Å². The van der Waals surface area contributed by atoms with E-state index in [1.165, 1.54) is 24.1 Å². The van der Waals surface area contributed by atoms with Gasteiger partial charge in [-0.15, -0.1) is 0 Å². The van der Waals surface area contributed by atoms with Gasteiger partial charge in [0.2, 0.25) is 5.91 Å². The number of likely N-dealkylation sites (tertiary alicyclic amines) is 1. The molecule has 0 unspecified atom stereocenters. The fourth-order valence-corrected chi connectivity index (χ4v) is 2.79. The first-order chi connectivity index (χ1) is 10.1. The molecule has 1 aromatic heterocycles. The number of nitrogens with zero attached hydrogens (tertiary/aromatic N) is 3. The van der Waals surface area contributed by atoms with E-state index in [2.05, 4.69) is 24.3 Å². The summed E-state index contributed by atoms with van der Waals surface area (Å²) in [7, 11) is 1.95. The van der Waals surface area contributed by atoms with Gasteiger partial charge >= 0.3 is 0 Å². The molecule has 1 saturated heterocycles. The molecule has 0 aliphatic carbocycles. The van der Waals surface area contributed by atoms with Gasteiger partial charge in [-0.2, -0.15) is 5.10 Å². The first kappa shape index (κ1) is 16.0. The van der Waals surface area contributed by atoms with E-state index in [1.54, 1.807) is 0 Å². The van der Waals surface area contributed by atoms with Crippen LogP contribution in [0.4, 0.5) is 0 Å². The quantitative estimate of drug-likeness (QED) is 0.903. The summed E-state index contributed by atoms with van der Waals surface area (Å²) < 4.78 is 1.88. The highest BCUT2D eigenvalue weighted by molar-refractivity contribution is 5.76. The van der Waals surface area contributed by atoms with E-state index in [-0.39, 0.29) is 6.04 Å². The van der Waals surface area contributed by atoms with Crippen LogP contribution in [0.5, 0.6) is 0 Å².